The monoisotopic (exact) mass is 328 g/mol. The normalized spacial score (nSPS) is 10.5. The van der Waals surface area contributed by atoms with E-state index in [-0.39, 0.29) is 18.2 Å². The average Bonchev–Trinajstić information content (AvgIpc) is 2.89. The van der Waals surface area contributed by atoms with Gasteiger partial charge in [-0.15, -0.1) is 0 Å². The Bertz CT molecular complexity index is 788. The Morgan fingerprint density at radius 1 is 1.17 bits per heavy atom. The molecule has 3 N–H and O–H groups in total. The van der Waals surface area contributed by atoms with E-state index in [0.717, 1.165) is 5.56 Å². The summed E-state index contributed by atoms with van der Waals surface area (Å²) in [5.41, 5.74) is 7.93. The number of Topliss-reactive ketones (excluding diaryl/α,β-unsaturated/α-hetero) is 2. The molecule has 1 aromatic carbocycles. The van der Waals surface area contributed by atoms with Crippen LogP contribution in [-0.2, 0) is 6.42 Å². The van der Waals surface area contributed by atoms with Crippen LogP contribution in [0.25, 0.3) is 0 Å². The van der Waals surface area contributed by atoms with Gasteiger partial charge in [-0.25, -0.2) is 0 Å². The first-order valence-electron chi connectivity index (χ1n) is 7.63. The van der Waals surface area contributed by atoms with Crippen LogP contribution in [0.5, 0.6) is 5.75 Å². The molecular weight excluding hydrogens is 308 g/mol. The fourth-order valence-corrected chi connectivity index (χ4v) is 2.68. The number of nitrogens with two attached hydrogens (primary N) is 1. The van der Waals surface area contributed by atoms with Crippen molar-refractivity contribution in [2.75, 3.05) is 6.61 Å². The van der Waals surface area contributed by atoms with Crippen molar-refractivity contribution in [3.05, 3.63) is 52.3 Å². The van der Waals surface area contributed by atoms with Crippen LogP contribution in [0.2, 0.25) is 0 Å². The van der Waals surface area contributed by atoms with E-state index in [9.17, 15) is 14.4 Å². The molecule has 0 aliphatic heterocycles. The van der Waals surface area contributed by atoms with Crippen molar-refractivity contribution in [1.82, 2.24) is 4.98 Å². The molecule has 0 aliphatic rings. The van der Waals surface area contributed by atoms with Gasteiger partial charge in [-0.3, -0.25) is 14.4 Å². The smallest absolute Gasteiger partial charge is 0.248 e. The molecule has 6 nitrogen and oxygen atoms in total. The molecule has 0 bridgehead atoms. The van der Waals surface area contributed by atoms with Gasteiger partial charge in [0, 0.05) is 16.8 Å². The molecule has 0 fully saturated rings. The van der Waals surface area contributed by atoms with Crippen LogP contribution in [0, 0.1) is 6.92 Å². The number of aromatic nitrogens is 1. The van der Waals surface area contributed by atoms with Crippen LogP contribution in [0.3, 0.4) is 0 Å². The molecular formula is C18H20N2O4. The number of benzene rings is 1. The zero-order chi connectivity index (χ0) is 17.9. The van der Waals surface area contributed by atoms with Crippen LogP contribution < -0.4 is 10.5 Å². The number of carbonyl (C=O) groups is 3. The van der Waals surface area contributed by atoms with Crippen LogP contribution in [0.1, 0.15) is 56.3 Å². The predicted octanol–water partition coefficient (Wildman–Crippen LogP) is 2.45. The number of rotatable bonds is 7. The summed E-state index contributed by atoms with van der Waals surface area (Å²) < 4.78 is 5.46. The Morgan fingerprint density at radius 3 is 2.29 bits per heavy atom. The molecule has 1 amide bonds. The minimum absolute atomic E-state index is 0.0670. The van der Waals surface area contributed by atoms with Gasteiger partial charge in [0.25, 0.3) is 0 Å². The number of amides is 1. The number of aromatic amines is 1. The van der Waals surface area contributed by atoms with Crippen molar-refractivity contribution >= 4 is 17.5 Å². The Balaban J connectivity index is 2.14. The fraction of sp³-hybridized carbons (Fsp3) is 0.278. The first-order valence-corrected chi connectivity index (χ1v) is 7.63. The van der Waals surface area contributed by atoms with Gasteiger partial charge in [-0.1, -0.05) is 6.92 Å². The third kappa shape index (κ3) is 3.53. The van der Waals surface area contributed by atoms with E-state index in [2.05, 4.69) is 4.98 Å². The summed E-state index contributed by atoms with van der Waals surface area (Å²) in [4.78, 5) is 38.2. The average molecular weight is 328 g/mol. The highest BCUT2D eigenvalue weighted by Crippen LogP contribution is 2.21. The van der Waals surface area contributed by atoms with Gasteiger partial charge < -0.3 is 15.5 Å². The minimum Gasteiger partial charge on any atom is -0.485 e. The van der Waals surface area contributed by atoms with E-state index >= 15 is 0 Å². The largest absolute Gasteiger partial charge is 0.485 e. The number of nitrogens with one attached hydrogen (secondary N) is 1. The molecule has 0 radical (unpaired) electrons. The molecule has 0 saturated carbocycles. The molecule has 0 saturated heterocycles. The SMILES string of the molecule is CCc1c(C(=O)COc2ccc(C(N)=O)cc2)[nH]c(C)c1C(C)=O. The van der Waals surface area contributed by atoms with E-state index in [0.29, 0.717) is 34.7 Å². The quantitative estimate of drug-likeness (QED) is 0.762. The minimum atomic E-state index is -0.524. The Hall–Kier alpha value is -2.89. The number of hydrogen-bond acceptors (Lipinski definition) is 4. The molecule has 2 rings (SSSR count). The maximum Gasteiger partial charge on any atom is 0.248 e. The van der Waals surface area contributed by atoms with Gasteiger partial charge in [0.1, 0.15) is 5.75 Å². The van der Waals surface area contributed by atoms with Crippen molar-refractivity contribution in [1.29, 1.82) is 0 Å². The lowest BCUT2D eigenvalue weighted by molar-refractivity contribution is 0.0915. The first-order chi connectivity index (χ1) is 11.3. The summed E-state index contributed by atoms with van der Waals surface area (Å²) in [6, 6.07) is 6.22. The van der Waals surface area contributed by atoms with Gasteiger partial charge >= 0.3 is 0 Å². The lowest BCUT2D eigenvalue weighted by Crippen LogP contribution is -2.14. The Labute approximate surface area is 140 Å². The van der Waals surface area contributed by atoms with Gasteiger partial charge in [0.15, 0.2) is 12.4 Å². The zero-order valence-corrected chi connectivity index (χ0v) is 13.9. The highest BCUT2D eigenvalue weighted by molar-refractivity contribution is 6.04. The standard InChI is InChI=1S/C18H20N2O4/c1-4-14-16(11(3)21)10(2)20-17(14)15(22)9-24-13-7-5-12(6-8-13)18(19)23/h5-8,20H,4,9H2,1-3H3,(H2,19,23). The third-order valence-corrected chi connectivity index (χ3v) is 3.78. The van der Waals surface area contributed by atoms with E-state index in [1.165, 1.54) is 19.1 Å². The van der Waals surface area contributed by atoms with E-state index in [1.807, 2.05) is 6.92 Å². The third-order valence-electron chi connectivity index (χ3n) is 3.78. The zero-order valence-electron chi connectivity index (χ0n) is 13.9. The second-order valence-corrected chi connectivity index (χ2v) is 5.49. The summed E-state index contributed by atoms with van der Waals surface area (Å²) in [6.07, 6.45) is 0.577. The van der Waals surface area contributed by atoms with E-state index < -0.39 is 5.91 Å². The van der Waals surface area contributed by atoms with Crippen LogP contribution in [-0.4, -0.2) is 29.1 Å². The number of carbonyl (C=O) groups excluding carboxylic acids is 3. The van der Waals surface area contributed by atoms with E-state index in [4.69, 9.17) is 10.5 Å². The molecule has 0 atom stereocenters. The summed E-state index contributed by atoms with van der Waals surface area (Å²) in [6.45, 7) is 4.99. The lowest BCUT2D eigenvalue weighted by atomic mass is 10.0. The molecule has 6 heteroatoms. The van der Waals surface area contributed by atoms with Crippen LogP contribution in [0.15, 0.2) is 24.3 Å². The number of hydrogen-bond donors (Lipinski definition) is 2. The van der Waals surface area contributed by atoms with Gasteiger partial charge in [-0.2, -0.15) is 0 Å². The molecule has 0 unspecified atom stereocenters. The lowest BCUT2D eigenvalue weighted by Gasteiger charge is -2.07. The Morgan fingerprint density at radius 2 is 1.79 bits per heavy atom. The molecule has 2 aromatic rings. The molecule has 0 aliphatic carbocycles. The van der Waals surface area contributed by atoms with Gasteiger partial charge in [0.05, 0.1) is 5.69 Å². The summed E-state index contributed by atoms with van der Waals surface area (Å²) in [5.74, 6) is -0.366. The number of primary amides is 1. The molecule has 1 heterocycles. The predicted molar refractivity (Wildman–Crippen MR) is 89.7 cm³/mol. The van der Waals surface area contributed by atoms with Gasteiger partial charge in [0.2, 0.25) is 11.7 Å². The maximum absolute atomic E-state index is 12.4. The summed E-state index contributed by atoms with van der Waals surface area (Å²) in [5, 5.41) is 0. The second-order valence-electron chi connectivity index (χ2n) is 5.49. The molecule has 24 heavy (non-hydrogen) atoms. The van der Waals surface area contributed by atoms with Crippen molar-refractivity contribution in [2.45, 2.75) is 27.2 Å². The summed E-state index contributed by atoms with van der Waals surface area (Å²) >= 11 is 0. The molecule has 0 spiro atoms. The highest BCUT2D eigenvalue weighted by Gasteiger charge is 2.21. The van der Waals surface area contributed by atoms with Gasteiger partial charge in [-0.05, 0) is 50.1 Å². The number of ether oxygens (including phenoxy) is 1. The van der Waals surface area contributed by atoms with Crippen molar-refractivity contribution in [3.63, 3.8) is 0 Å². The molecule has 126 valence electrons. The number of aryl methyl sites for hydroxylation is 1. The second kappa shape index (κ2) is 7.12. The van der Waals surface area contributed by atoms with E-state index in [1.54, 1.807) is 19.1 Å². The number of H-pyrrole nitrogens is 1. The maximum atomic E-state index is 12.4. The molecule has 1 aromatic heterocycles. The summed E-state index contributed by atoms with van der Waals surface area (Å²) in [7, 11) is 0. The van der Waals surface area contributed by atoms with Crippen molar-refractivity contribution in [3.8, 4) is 5.75 Å². The first kappa shape index (κ1) is 17.5. The highest BCUT2D eigenvalue weighted by atomic mass is 16.5. The Kier molecular flexibility index (Phi) is 5.18. The van der Waals surface area contributed by atoms with Crippen molar-refractivity contribution in [2.24, 2.45) is 5.73 Å². The van der Waals surface area contributed by atoms with Crippen LogP contribution in [0.4, 0.5) is 0 Å². The number of ketones is 2. The fourth-order valence-electron chi connectivity index (χ4n) is 2.68. The van der Waals surface area contributed by atoms with Crippen molar-refractivity contribution < 1.29 is 19.1 Å². The van der Waals surface area contributed by atoms with Crippen LogP contribution >= 0.6 is 0 Å². The topological polar surface area (TPSA) is 102 Å².